The van der Waals surface area contributed by atoms with Gasteiger partial charge in [0.1, 0.15) is 5.75 Å². The third-order valence-corrected chi connectivity index (χ3v) is 4.96. The molecule has 0 aliphatic carbocycles. The molecule has 1 aromatic heterocycles. The molecule has 0 aliphatic heterocycles. The largest absolute Gasteiger partial charge is 0.504 e. The Labute approximate surface area is 163 Å². The molecule has 28 heavy (non-hydrogen) atoms. The minimum atomic E-state index is -0.999. The van der Waals surface area contributed by atoms with Crippen LogP contribution in [0.5, 0.6) is 17.2 Å². The number of fused-ring (bicyclic) bond motifs is 1. The van der Waals surface area contributed by atoms with Gasteiger partial charge in [-0.1, -0.05) is 0 Å². The molecule has 6 nitrogen and oxygen atoms in total. The number of rotatable bonds is 5. The standard InChI is InChI=1S/C22H23NO5/c1-12(22(25)26)10-15-11-17(28-5)21(24)18-13(2)19(23(3)20(15)18)14-6-8-16(27-4)9-7-14/h6-11,24H,1-5H3,(H,25,26)/b12-10+. The van der Waals surface area contributed by atoms with Crippen molar-refractivity contribution in [3.8, 4) is 28.5 Å². The zero-order valence-electron chi connectivity index (χ0n) is 16.5. The number of aryl methyl sites for hydroxylation is 2. The number of nitrogens with zero attached hydrogens (tertiary/aromatic N) is 1. The second-order valence-corrected chi connectivity index (χ2v) is 6.63. The number of phenols is 1. The summed E-state index contributed by atoms with van der Waals surface area (Å²) in [5.41, 5.74) is 4.35. The van der Waals surface area contributed by atoms with Crippen LogP contribution in [0.1, 0.15) is 18.1 Å². The molecule has 146 valence electrons. The molecule has 3 aromatic rings. The van der Waals surface area contributed by atoms with Crippen molar-refractivity contribution in [1.29, 1.82) is 0 Å². The Morgan fingerprint density at radius 3 is 2.32 bits per heavy atom. The lowest BCUT2D eigenvalue weighted by atomic mass is 10.0. The maximum atomic E-state index is 11.3. The Morgan fingerprint density at radius 2 is 1.79 bits per heavy atom. The van der Waals surface area contributed by atoms with Crippen molar-refractivity contribution in [2.45, 2.75) is 13.8 Å². The van der Waals surface area contributed by atoms with Crippen LogP contribution in [0.4, 0.5) is 0 Å². The highest BCUT2D eigenvalue weighted by atomic mass is 16.5. The number of hydrogen-bond acceptors (Lipinski definition) is 4. The van der Waals surface area contributed by atoms with E-state index in [2.05, 4.69) is 0 Å². The van der Waals surface area contributed by atoms with Crippen molar-refractivity contribution in [3.05, 3.63) is 47.0 Å². The van der Waals surface area contributed by atoms with Crippen molar-refractivity contribution < 1.29 is 24.5 Å². The Balaban J connectivity index is 2.38. The third-order valence-electron chi connectivity index (χ3n) is 4.96. The van der Waals surface area contributed by atoms with Gasteiger partial charge in [-0.2, -0.15) is 0 Å². The summed E-state index contributed by atoms with van der Waals surface area (Å²) in [6.45, 7) is 3.46. The topological polar surface area (TPSA) is 80.9 Å². The Kier molecular flexibility index (Phi) is 5.05. The summed E-state index contributed by atoms with van der Waals surface area (Å²) in [6.07, 6.45) is 1.59. The van der Waals surface area contributed by atoms with Crippen LogP contribution in [0.2, 0.25) is 0 Å². The van der Waals surface area contributed by atoms with Crippen LogP contribution in [0.15, 0.2) is 35.9 Å². The predicted octanol–water partition coefficient (Wildman–Crippen LogP) is 4.36. The monoisotopic (exact) mass is 381 g/mol. The van der Waals surface area contributed by atoms with Crippen molar-refractivity contribution >= 4 is 22.9 Å². The average molecular weight is 381 g/mol. The lowest BCUT2D eigenvalue weighted by Crippen LogP contribution is -1.98. The SMILES string of the molecule is COc1ccc(-c2c(C)c3c(O)c(OC)cc(/C=C(\C)C(=O)O)c3n2C)cc1. The first-order valence-electron chi connectivity index (χ1n) is 8.75. The number of aromatic hydroxyl groups is 1. The zero-order chi connectivity index (χ0) is 20.6. The van der Waals surface area contributed by atoms with Crippen LogP contribution >= 0.6 is 0 Å². The molecule has 0 saturated carbocycles. The first kappa shape index (κ1) is 19.4. The fourth-order valence-corrected chi connectivity index (χ4v) is 3.58. The second-order valence-electron chi connectivity index (χ2n) is 6.63. The number of methoxy groups -OCH3 is 2. The zero-order valence-corrected chi connectivity index (χ0v) is 16.5. The first-order valence-corrected chi connectivity index (χ1v) is 8.75. The summed E-state index contributed by atoms with van der Waals surface area (Å²) in [6, 6.07) is 9.31. The Bertz CT molecular complexity index is 1090. The van der Waals surface area contributed by atoms with Gasteiger partial charge in [0.25, 0.3) is 0 Å². The lowest BCUT2D eigenvalue weighted by molar-refractivity contribution is -0.132. The molecule has 3 rings (SSSR count). The van der Waals surface area contributed by atoms with Gasteiger partial charge in [0, 0.05) is 23.6 Å². The molecule has 1 heterocycles. The van der Waals surface area contributed by atoms with E-state index in [0.29, 0.717) is 16.7 Å². The Hall–Kier alpha value is -3.41. The molecule has 0 aliphatic rings. The van der Waals surface area contributed by atoms with Gasteiger partial charge in [-0.15, -0.1) is 0 Å². The van der Waals surface area contributed by atoms with Gasteiger partial charge in [0.15, 0.2) is 11.5 Å². The van der Waals surface area contributed by atoms with E-state index in [1.807, 2.05) is 42.8 Å². The molecule has 0 radical (unpaired) electrons. The van der Waals surface area contributed by atoms with Crippen molar-refractivity contribution in [1.82, 2.24) is 4.57 Å². The number of ether oxygens (including phenoxy) is 2. The molecule has 2 aromatic carbocycles. The van der Waals surface area contributed by atoms with Crippen molar-refractivity contribution in [2.24, 2.45) is 7.05 Å². The maximum absolute atomic E-state index is 11.3. The fourth-order valence-electron chi connectivity index (χ4n) is 3.58. The summed E-state index contributed by atoms with van der Waals surface area (Å²) in [7, 11) is 4.99. The van der Waals surface area contributed by atoms with E-state index >= 15 is 0 Å². The summed E-state index contributed by atoms with van der Waals surface area (Å²) in [5.74, 6) is 0.0919. The van der Waals surface area contributed by atoms with Crippen molar-refractivity contribution in [2.75, 3.05) is 14.2 Å². The van der Waals surface area contributed by atoms with Crippen LogP contribution < -0.4 is 9.47 Å². The average Bonchev–Trinajstić information content (AvgIpc) is 2.95. The molecule has 0 amide bonds. The van der Waals surface area contributed by atoms with Crippen molar-refractivity contribution in [3.63, 3.8) is 0 Å². The number of carbonyl (C=O) groups is 1. The number of phenolic OH excluding ortho intramolecular Hbond substituents is 1. The minimum Gasteiger partial charge on any atom is -0.504 e. The van der Waals surface area contributed by atoms with Crippen LogP contribution in [0, 0.1) is 6.92 Å². The number of carboxylic acid groups (broad SMARTS) is 1. The molecular weight excluding hydrogens is 358 g/mol. The molecule has 0 unspecified atom stereocenters. The van der Waals surface area contributed by atoms with Crippen LogP contribution in [0.25, 0.3) is 28.2 Å². The highest BCUT2D eigenvalue weighted by Gasteiger charge is 2.22. The summed E-state index contributed by atoms with van der Waals surface area (Å²) < 4.78 is 12.5. The van der Waals surface area contributed by atoms with E-state index in [0.717, 1.165) is 28.1 Å². The number of hydrogen-bond donors (Lipinski definition) is 2. The van der Waals surface area contributed by atoms with E-state index < -0.39 is 5.97 Å². The lowest BCUT2D eigenvalue weighted by Gasteiger charge is -2.10. The van der Waals surface area contributed by atoms with E-state index in [9.17, 15) is 15.0 Å². The van der Waals surface area contributed by atoms with E-state index in [1.54, 1.807) is 19.3 Å². The molecule has 0 spiro atoms. The number of aromatic nitrogens is 1. The predicted molar refractivity (Wildman–Crippen MR) is 109 cm³/mol. The Morgan fingerprint density at radius 1 is 1.14 bits per heavy atom. The first-order chi connectivity index (χ1) is 13.3. The van der Waals surface area contributed by atoms with Gasteiger partial charge in [0.05, 0.1) is 25.4 Å². The van der Waals surface area contributed by atoms with E-state index in [1.165, 1.54) is 14.0 Å². The summed E-state index contributed by atoms with van der Waals surface area (Å²) in [5, 5.41) is 20.7. The molecule has 0 saturated heterocycles. The van der Waals surface area contributed by atoms with E-state index in [4.69, 9.17) is 9.47 Å². The van der Waals surface area contributed by atoms with Gasteiger partial charge < -0.3 is 24.3 Å². The third kappa shape index (κ3) is 3.07. The summed E-state index contributed by atoms with van der Waals surface area (Å²) >= 11 is 0. The molecule has 0 fully saturated rings. The highest BCUT2D eigenvalue weighted by Crippen LogP contribution is 2.44. The minimum absolute atomic E-state index is 0.0375. The molecule has 6 heteroatoms. The second kappa shape index (κ2) is 7.31. The number of aliphatic carboxylic acids is 1. The van der Waals surface area contributed by atoms with Crippen LogP contribution in [-0.2, 0) is 11.8 Å². The highest BCUT2D eigenvalue weighted by molar-refractivity contribution is 6.03. The number of carboxylic acids is 1. The number of benzene rings is 2. The summed E-state index contributed by atoms with van der Waals surface area (Å²) in [4.78, 5) is 11.3. The maximum Gasteiger partial charge on any atom is 0.331 e. The van der Waals surface area contributed by atoms with Gasteiger partial charge >= 0.3 is 5.97 Å². The quantitative estimate of drug-likeness (QED) is 0.642. The van der Waals surface area contributed by atoms with Gasteiger partial charge in [-0.05, 0) is 61.4 Å². The van der Waals surface area contributed by atoms with E-state index in [-0.39, 0.29) is 11.3 Å². The molecular formula is C22H23NO5. The van der Waals surface area contributed by atoms with Gasteiger partial charge in [0.2, 0.25) is 0 Å². The molecule has 0 atom stereocenters. The van der Waals surface area contributed by atoms with Gasteiger partial charge in [-0.25, -0.2) is 4.79 Å². The smallest absolute Gasteiger partial charge is 0.331 e. The molecule has 2 N–H and O–H groups in total. The van der Waals surface area contributed by atoms with Gasteiger partial charge in [-0.3, -0.25) is 0 Å². The van der Waals surface area contributed by atoms with Crippen LogP contribution in [-0.4, -0.2) is 35.0 Å². The normalized spacial score (nSPS) is 11.7. The molecule has 0 bridgehead atoms. The van der Waals surface area contributed by atoms with Crippen LogP contribution in [0.3, 0.4) is 0 Å². The fraction of sp³-hybridized carbons (Fsp3) is 0.227.